The van der Waals surface area contributed by atoms with Crippen molar-refractivity contribution >= 4 is 21.3 Å². The first-order valence-corrected chi connectivity index (χ1v) is 12.7. The van der Waals surface area contributed by atoms with E-state index in [0.717, 1.165) is 43.5 Å². The molecule has 2 nitrogen and oxygen atoms in total. The monoisotopic (exact) mass is 510 g/mol. The number of benzene rings is 2. The Morgan fingerprint density at radius 2 is 1.54 bits per heavy atom. The van der Waals surface area contributed by atoms with Gasteiger partial charge in [0, 0.05) is 5.56 Å². The summed E-state index contributed by atoms with van der Waals surface area (Å²) >= 11 is 0. The number of rotatable bonds is 4. The number of hydrogen-bond acceptors (Lipinski definition) is 2. The summed E-state index contributed by atoms with van der Waals surface area (Å²) < 4.78 is 50.1. The quantitative estimate of drug-likeness (QED) is 0.180. The fraction of sp³-hybridized carbons (Fsp3) is 0.500. The third-order valence-electron chi connectivity index (χ3n) is 6.69. The smallest absolute Gasteiger partial charge is 0.302 e. The molecule has 0 spiro atoms. The first kappa shape index (κ1) is 29.2. The van der Waals surface area contributed by atoms with Crippen LogP contribution in [0.3, 0.4) is 0 Å². The van der Waals surface area contributed by atoms with E-state index < -0.39 is 17.3 Å². The first-order valence-electron chi connectivity index (χ1n) is 12.0. The maximum absolute atomic E-state index is 13.2. The average Bonchev–Trinajstić information content (AvgIpc) is 3.61. The molecule has 4 rings (SSSR count). The highest BCUT2D eigenvalue weighted by molar-refractivity contribution is 7.17. The van der Waals surface area contributed by atoms with Gasteiger partial charge in [0.05, 0.1) is 11.1 Å². The van der Waals surface area contributed by atoms with E-state index in [1.165, 1.54) is 56.2 Å². The molecule has 35 heavy (non-hydrogen) atoms. The molecule has 2 aliphatic carbocycles. The van der Waals surface area contributed by atoms with Crippen molar-refractivity contribution < 1.29 is 27.2 Å². The molecule has 2 aliphatic rings. The zero-order valence-electron chi connectivity index (χ0n) is 20.6. The standard InChI is InChI=1S/C14H17FO.C10H10F3OP.C4H8/c1-11-5-7-14(10-16,8-6-11)12-3-2-4-13(15)9-12;1-6(14)7-2-4-8(5-3-7)9(15)10(11,12)13;1-4-2-3-4/h2-4,9-11H,5-8H2,1H3;2-5,9H,15H2,1H3;4H,2-3H2,1H3. The van der Waals surface area contributed by atoms with Crippen molar-refractivity contribution in [3.05, 3.63) is 71.0 Å². The van der Waals surface area contributed by atoms with E-state index in [9.17, 15) is 27.2 Å². The third-order valence-corrected chi connectivity index (χ3v) is 7.45. The number of alkyl halides is 3. The molecule has 0 radical (unpaired) electrons. The summed E-state index contributed by atoms with van der Waals surface area (Å²) in [7, 11) is 1.75. The topological polar surface area (TPSA) is 34.1 Å². The Bertz CT molecular complexity index is 960. The third kappa shape index (κ3) is 9.14. The lowest BCUT2D eigenvalue weighted by atomic mass is 9.68. The predicted molar refractivity (Wildman–Crippen MR) is 135 cm³/mol. The van der Waals surface area contributed by atoms with Crippen molar-refractivity contribution in [1.82, 2.24) is 0 Å². The van der Waals surface area contributed by atoms with Crippen LogP contribution in [0.15, 0.2) is 48.5 Å². The van der Waals surface area contributed by atoms with Crippen LogP contribution in [0.2, 0.25) is 0 Å². The Hall–Kier alpha value is -2.07. The van der Waals surface area contributed by atoms with Crippen LogP contribution in [0, 0.1) is 17.7 Å². The minimum atomic E-state index is -4.28. The van der Waals surface area contributed by atoms with Crippen molar-refractivity contribution in [1.29, 1.82) is 0 Å². The zero-order chi connectivity index (χ0) is 26.2. The number of Topliss-reactive ketones (excluding diaryl/α,β-unsaturated/α-hetero) is 1. The van der Waals surface area contributed by atoms with Gasteiger partial charge < -0.3 is 4.79 Å². The SMILES string of the molecule is CC(=O)c1ccc(C(P)C(F)(F)F)cc1.CC1CC1.CC1CCC(C=O)(c2cccc(F)c2)CC1. The summed E-state index contributed by atoms with van der Waals surface area (Å²) in [5.41, 5.74) is -0.627. The maximum atomic E-state index is 13.2. The molecular weight excluding hydrogens is 475 g/mol. The molecule has 2 saturated carbocycles. The molecule has 2 fully saturated rings. The van der Waals surface area contributed by atoms with Gasteiger partial charge in [-0.05, 0) is 67.7 Å². The maximum Gasteiger partial charge on any atom is 0.399 e. The van der Waals surface area contributed by atoms with Gasteiger partial charge in [-0.3, -0.25) is 4.79 Å². The lowest BCUT2D eigenvalue weighted by Gasteiger charge is -2.35. The van der Waals surface area contributed by atoms with Crippen LogP contribution < -0.4 is 0 Å². The van der Waals surface area contributed by atoms with Gasteiger partial charge >= 0.3 is 6.18 Å². The van der Waals surface area contributed by atoms with Gasteiger partial charge in [-0.25, -0.2) is 4.39 Å². The Labute approximate surface area is 208 Å². The number of halogens is 4. The molecule has 7 heteroatoms. The Morgan fingerprint density at radius 1 is 1.00 bits per heavy atom. The van der Waals surface area contributed by atoms with Crippen LogP contribution >= 0.6 is 9.24 Å². The molecule has 0 heterocycles. The molecule has 2 unspecified atom stereocenters. The van der Waals surface area contributed by atoms with Crippen LogP contribution in [0.1, 0.15) is 86.4 Å². The second-order valence-corrected chi connectivity index (χ2v) is 10.5. The highest BCUT2D eigenvalue weighted by Gasteiger charge is 2.37. The largest absolute Gasteiger partial charge is 0.399 e. The van der Waals surface area contributed by atoms with E-state index in [0.29, 0.717) is 11.5 Å². The molecular formula is C28H35F4O2P. The summed E-state index contributed by atoms with van der Waals surface area (Å²) in [4.78, 5) is 22.3. The van der Waals surface area contributed by atoms with Gasteiger partial charge in [-0.15, -0.1) is 9.24 Å². The van der Waals surface area contributed by atoms with Crippen molar-refractivity contribution in [2.75, 3.05) is 0 Å². The normalized spacial score (nSPS) is 22.6. The van der Waals surface area contributed by atoms with Gasteiger partial charge in [0.25, 0.3) is 0 Å². The number of carbonyl (C=O) groups is 2. The van der Waals surface area contributed by atoms with Crippen LogP contribution in [0.5, 0.6) is 0 Å². The molecule has 0 N–H and O–H groups in total. The zero-order valence-corrected chi connectivity index (χ0v) is 21.7. The second-order valence-electron chi connectivity index (χ2n) is 9.85. The van der Waals surface area contributed by atoms with E-state index in [1.807, 2.05) is 6.07 Å². The predicted octanol–water partition coefficient (Wildman–Crippen LogP) is 8.26. The van der Waals surface area contributed by atoms with E-state index in [2.05, 4.69) is 13.8 Å². The number of carbonyl (C=O) groups excluding carboxylic acids is 2. The van der Waals surface area contributed by atoms with Gasteiger partial charge in [-0.1, -0.05) is 63.1 Å². The van der Waals surface area contributed by atoms with Crippen molar-refractivity contribution in [2.45, 2.75) is 76.5 Å². The second kappa shape index (κ2) is 12.8. The van der Waals surface area contributed by atoms with Gasteiger partial charge in [0.2, 0.25) is 0 Å². The summed E-state index contributed by atoms with van der Waals surface area (Å²) in [6.45, 7) is 5.86. The summed E-state index contributed by atoms with van der Waals surface area (Å²) in [5.74, 6) is 1.35. The number of aldehydes is 1. The van der Waals surface area contributed by atoms with Crippen molar-refractivity contribution in [3.63, 3.8) is 0 Å². The fourth-order valence-electron chi connectivity index (χ4n) is 3.83. The average molecular weight is 511 g/mol. The number of ketones is 1. The minimum Gasteiger partial charge on any atom is -0.302 e. The fourth-order valence-corrected chi connectivity index (χ4v) is 4.05. The molecule has 0 bridgehead atoms. The lowest BCUT2D eigenvalue weighted by molar-refractivity contribution is -0.130. The van der Waals surface area contributed by atoms with E-state index >= 15 is 0 Å². The summed E-state index contributed by atoms with van der Waals surface area (Å²) in [6, 6.07) is 11.9. The molecule has 0 aromatic heterocycles. The van der Waals surface area contributed by atoms with E-state index in [-0.39, 0.29) is 17.2 Å². The summed E-state index contributed by atoms with van der Waals surface area (Å²) in [5, 5.41) is 0. The van der Waals surface area contributed by atoms with Crippen LogP contribution in [0.4, 0.5) is 17.6 Å². The van der Waals surface area contributed by atoms with Gasteiger partial charge in [0.15, 0.2) is 5.78 Å². The Morgan fingerprint density at radius 3 is 1.94 bits per heavy atom. The Balaban J connectivity index is 0.000000213. The van der Waals surface area contributed by atoms with Crippen LogP contribution in [-0.4, -0.2) is 18.2 Å². The first-order chi connectivity index (χ1) is 16.4. The van der Waals surface area contributed by atoms with Crippen molar-refractivity contribution in [2.24, 2.45) is 11.8 Å². The molecule has 2 aromatic rings. The van der Waals surface area contributed by atoms with Gasteiger partial charge in [-0.2, -0.15) is 13.2 Å². The summed E-state index contributed by atoms with van der Waals surface area (Å²) in [6.07, 6.45) is 3.52. The minimum absolute atomic E-state index is 0.137. The van der Waals surface area contributed by atoms with E-state index in [4.69, 9.17) is 0 Å². The molecule has 2 atom stereocenters. The van der Waals surface area contributed by atoms with E-state index in [1.54, 1.807) is 15.3 Å². The molecule has 0 aliphatic heterocycles. The Kier molecular flexibility index (Phi) is 10.6. The highest BCUT2D eigenvalue weighted by atomic mass is 31.0. The molecule has 0 amide bonds. The van der Waals surface area contributed by atoms with Crippen molar-refractivity contribution in [3.8, 4) is 0 Å². The molecule has 2 aromatic carbocycles. The lowest BCUT2D eigenvalue weighted by Crippen LogP contribution is -2.32. The molecule has 0 saturated heterocycles. The molecule has 192 valence electrons. The van der Waals surface area contributed by atoms with Crippen LogP contribution in [0.25, 0.3) is 0 Å². The van der Waals surface area contributed by atoms with Gasteiger partial charge in [0.1, 0.15) is 12.1 Å². The van der Waals surface area contributed by atoms with Crippen LogP contribution in [-0.2, 0) is 10.2 Å². The highest BCUT2D eigenvalue weighted by Crippen LogP contribution is 2.40. The number of hydrogen-bond donors (Lipinski definition) is 0.